The smallest absolute Gasteiger partial charge is 0.278 e. The van der Waals surface area contributed by atoms with Crippen LogP contribution in [0.25, 0.3) is 10.9 Å². The molecule has 1 atom stereocenters. The largest absolute Gasteiger partial charge is 0.497 e. The van der Waals surface area contributed by atoms with Crippen molar-refractivity contribution in [1.82, 2.24) is 15.0 Å². The monoisotopic (exact) mass is 382 g/mol. The molecular weight excluding hydrogens is 360 g/mol. The molecule has 0 aliphatic carbocycles. The van der Waals surface area contributed by atoms with Gasteiger partial charge in [-0.15, -0.1) is 5.10 Å². The first kappa shape index (κ1) is 19.3. The number of nitrogens with zero attached hydrogens (tertiary/aromatic N) is 3. The van der Waals surface area contributed by atoms with E-state index in [1.165, 1.54) is 7.11 Å². The van der Waals surface area contributed by atoms with Gasteiger partial charge in [-0.25, -0.2) is 0 Å². The number of hydrogen-bond acceptors (Lipinski definition) is 6. The zero-order chi connectivity index (χ0) is 20.3. The highest BCUT2D eigenvalue weighted by Crippen LogP contribution is 2.30. The van der Waals surface area contributed by atoms with Gasteiger partial charge in [-0.2, -0.15) is 4.68 Å². The summed E-state index contributed by atoms with van der Waals surface area (Å²) in [6, 6.07) is 11.1. The Morgan fingerprint density at radius 1 is 1.11 bits per heavy atom. The van der Waals surface area contributed by atoms with Crippen LogP contribution in [-0.2, 0) is 4.79 Å². The number of aromatic nitrogens is 3. The number of anilines is 1. The van der Waals surface area contributed by atoms with Gasteiger partial charge in [0.05, 0.1) is 25.3 Å². The lowest BCUT2D eigenvalue weighted by atomic mass is 10.0. The lowest BCUT2D eigenvalue weighted by Gasteiger charge is -2.22. The molecule has 3 aromatic rings. The second-order valence-corrected chi connectivity index (χ2v) is 6.60. The quantitative estimate of drug-likeness (QED) is 0.704. The summed E-state index contributed by atoms with van der Waals surface area (Å²) < 4.78 is 11.6. The van der Waals surface area contributed by atoms with Crippen LogP contribution >= 0.6 is 0 Å². The topological polar surface area (TPSA) is 95.3 Å². The van der Waals surface area contributed by atoms with Crippen LogP contribution in [0.1, 0.15) is 19.9 Å². The maximum atomic E-state index is 13.0. The molecule has 0 saturated heterocycles. The lowest BCUT2D eigenvalue weighted by Crippen LogP contribution is -2.38. The maximum Gasteiger partial charge on any atom is 0.278 e. The minimum atomic E-state index is -0.837. The molecule has 0 fully saturated rings. The van der Waals surface area contributed by atoms with Crippen molar-refractivity contribution in [3.05, 3.63) is 52.8 Å². The standard InChI is InChI=1S/C20H22N4O4/c1-12(2)18(24-20(26)14-7-5-6-8-15(14)22-23-24)19(25)21-16-10-9-13(27-3)11-17(16)28-4/h5-12,18H,1-4H3,(H,21,25). The average Bonchev–Trinajstić information content (AvgIpc) is 2.70. The predicted molar refractivity (Wildman–Crippen MR) is 106 cm³/mol. The zero-order valence-corrected chi connectivity index (χ0v) is 16.2. The van der Waals surface area contributed by atoms with E-state index in [1.807, 2.05) is 13.8 Å². The van der Waals surface area contributed by atoms with Gasteiger partial charge in [-0.05, 0) is 30.2 Å². The second kappa shape index (κ2) is 8.08. The molecule has 1 N–H and O–H groups in total. The van der Waals surface area contributed by atoms with Gasteiger partial charge >= 0.3 is 0 Å². The highest BCUT2D eigenvalue weighted by molar-refractivity contribution is 5.95. The lowest BCUT2D eigenvalue weighted by molar-refractivity contribution is -0.120. The molecule has 2 aromatic carbocycles. The molecule has 1 heterocycles. The Morgan fingerprint density at radius 2 is 1.86 bits per heavy atom. The summed E-state index contributed by atoms with van der Waals surface area (Å²) in [5.41, 5.74) is 0.602. The maximum absolute atomic E-state index is 13.0. The molecule has 0 spiro atoms. The van der Waals surface area contributed by atoms with E-state index in [-0.39, 0.29) is 17.4 Å². The third kappa shape index (κ3) is 3.66. The van der Waals surface area contributed by atoms with Crippen molar-refractivity contribution in [2.45, 2.75) is 19.9 Å². The number of rotatable bonds is 6. The Balaban J connectivity index is 1.99. The van der Waals surface area contributed by atoms with Crippen LogP contribution in [0.2, 0.25) is 0 Å². The van der Waals surface area contributed by atoms with Crippen LogP contribution in [-0.4, -0.2) is 35.1 Å². The summed E-state index contributed by atoms with van der Waals surface area (Å²) in [7, 11) is 3.05. The minimum Gasteiger partial charge on any atom is -0.497 e. The predicted octanol–water partition coefficient (Wildman–Crippen LogP) is 2.64. The second-order valence-electron chi connectivity index (χ2n) is 6.60. The number of fused-ring (bicyclic) bond motifs is 1. The number of carbonyl (C=O) groups is 1. The molecule has 1 unspecified atom stereocenters. The number of hydrogen-bond donors (Lipinski definition) is 1. The summed E-state index contributed by atoms with van der Waals surface area (Å²) in [5, 5.41) is 11.3. The summed E-state index contributed by atoms with van der Waals surface area (Å²) in [4.78, 5) is 25.9. The normalized spacial score (nSPS) is 12.0. The number of amides is 1. The van der Waals surface area contributed by atoms with Crippen molar-refractivity contribution in [1.29, 1.82) is 0 Å². The molecule has 1 amide bonds. The van der Waals surface area contributed by atoms with Gasteiger partial charge in [0, 0.05) is 6.07 Å². The summed E-state index contributed by atoms with van der Waals surface area (Å²) in [6.45, 7) is 3.69. The van der Waals surface area contributed by atoms with Gasteiger partial charge in [0.2, 0.25) is 5.91 Å². The number of nitrogens with one attached hydrogen (secondary N) is 1. The molecule has 0 radical (unpaired) electrons. The summed E-state index contributed by atoms with van der Waals surface area (Å²) in [6.07, 6.45) is 0. The van der Waals surface area contributed by atoms with Crippen molar-refractivity contribution in [3.8, 4) is 11.5 Å². The Labute approximate surface area is 162 Å². The highest BCUT2D eigenvalue weighted by Gasteiger charge is 2.28. The van der Waals surface area contributed by atoms with Crippen molar-refractivity contribution in [2.24, 2.45) is 5.92 Å². The SMILES string of the molecule is COc1ccc(NC(=O)C(C(C)C)n2nnc3ccccc3c2=O)c(OC)c1. The van der Waals surface area contributed by atoms with Crippen LogP contribution in [0.15, 0.2) is 47.3 Å². The molecule has 1 aromatic heterocycles. The van der Waals surface area contributed by atoms with E-state index in [4.69, 9.17) is 9.47 Å². The fourth-order valence-electron chi connectivity index (χ4n) is 2.99. The highest BCUT2D eigenvalue weighted by atomic mass is 16.5. The van der Waals surface area contributed by atoms with E-state index in [2.05, 4.69) is 15.6 Å². The van der Waals surface area contributed by atoms with Crippen molar-refractivity contribution < 1.29 is 14.3 Å². The fraction of sp³-hybridized carbons (Fsp3) is 0.300. The van der Waals surface area contributed by atoms with E-state index in [1.54, 1.807) is 49.6 Å². The first-order valence-corrected chi connectivity index (χ1v) is 8.83. The van der Waals surface area contributed by atoms with E-state index in [0.29, 0.717) is 28.1 Å². The number of carbonyl (C=O) groups excluding carboxylic acids is 1. The van der Waals surface area contributed by atoms with E-state index >= 15 is 0 Å². The van der Waals surface area contributed by atoms with Crippen LogP contribution in [0.3, 0.4) is 0 Å². The molecule has 8 heteroatoms. The molecule has 0 saturated carbocycles. The Kier molecular flexibility index (Phi) is 5.58. The van der Waals surface area contributed by atoms with Gasteiger partial charge in [-0.3, -0.25) is 9.59 Å². The molecule has 0 bridgehead atoms. The molecular formula is C20H22N4O4. The third-order valence-electron chi connectivity index (χ3n) is 4.42. The Bertz CT molecular complexity index is 1060. The van der Waals surface area contributed by atoms with Gasteiger partial charge in [0.25, 0.3) is 5.56 Å². The van der Waals surface area contributed by atoms with Gasteiger partial charge in [0.15, 0.2) is 0 Å². The van der Waals surface area contributed by atoms with Crippen LogP contribution in [0.4, 0.5) is 5.69 Å². The molecule has 146 valence electrons. The zero-order valence-electron chi connectivity index (χ0n) is 16.2. The van der Waals surface area contributed by atoms with Crippen molar-refractivity contribution in [3.63, 3.8) is 0 Å². The minimum absolute atomic E-state index is 0.197. The fourth-order valence-corrected chi connectivity index (χ4v) is 2.99. The van der Waals surface area contributed by atoms with E-state index in [0.717, 1.165) is 4.68 Å². The van der Waals surface area contributed by atoms with E-state index in [9.17, 15) is 9.59 Å². The molecule has 28 heavy (non-hydrogen) atoms. The Morgan fingerprint density at radius 3 is 2.54 bits per heavy atom. The number of ether oxygens (including phenoxy) is 2. The molecule has 0 aliphatic heterocycles. The first-order chi connectivity index (χ1) is 13.5. The van der Waals surface area contributed by atoms with E-state index < -0.39 is 6.04 Å². The molecule has 8 nitrogen and oxygen atoms in total. The van der Waals surface area contributed by atoms with Crippen LogP contribution in [0.5, 0.6) is 11.5 Å². The first-order valence-electron chi connectivity index (χ1n) is 8.83. The average molecular weight is 382 g/mol. The third-order valence-corrected chi connectivity index (χ3v) is 4.42. The number of methoxy groups -OCH3 is 2. The van der Waals surface area contributed by atoms with Gasteiger partial charge in [0.1, 0.15) is 23.1 Å². The van der Waals surface area contributed by atoms with Crippen molar-refractivity contribution >= 4 is 22.5 Å². The Hall–Kier alpha value is -3.42. The molecule has 0 aliphatic rings. The van der Waals surface area contributed by atoms with Crippen molar-refractivity contribution in [2.75, 3.05) is 19.5 Å². The van der Waals surface area contributed by atoms with Crippen LogP contribution < -0.4 is 20.3 Å². The van der Waals surface area contributed by atoms with Gasteiger partial charge < -0.3 is 14.8 Å². The summed E-state index contributed by atoms with van der Waals surface area (Å²) in [5.74, 6) is 0.474. The summed E-state index contributed by atoms with van der Waals surface area (Å²) >= 11 is 0. The van der Waals surface area contributed by atoms with Crippen LogP contribution in [0, 0.1) is 5.92 Å². The molecule has 3 rings (SSSR count). The van der Waals surface area contributed by atoms with Gasteiger partial charge in [-0.1, -0.05) is 31.2 Å². The number of benzene rings is 2.